The summed E-state index contributed by atoms with van der Waals surface area (Å²) in [6.45, 7) is 0.118. The number of H-pyrrole nitrogens is 1. The van der Waals surface area contributed by atoms with E-state index in [-0.39, 0.29) is 6.54 Å². The minimum atomic E-state index is -0.758. The van der Waals surface area contributed by atoms with Gasteiger partial charge in [0, 0.05) is 11.0 Å². The molecule has 1 atom stereocenters. The first-order valence-corrected chi connectivity index (χ1v) is 5.11. The van der Waals surface area contributed by atoms with Crippen LogP contribution in [0.4, 0.5) is 0 Å². The van der Waals surface area contributed by atoms with Gasteiger partial charge < -0.3 is 15.3 Å². The molecule has 0 saturated heterocycles. The number of aromatic nitrogens is 1. The third-order valence-electron chi connectivity index (χ3n) is 2.11. The number of aromatic amines is 1. The van der Waals surface area contributed by atoms with Crippen LogP contribution in [0.5, 0.6) is 0 Å². The Balaban J connectivity index is 2.66. The Hall–Kier alpha value is -1.11. The van der Waals surface area contributed by atoms with Crippen molar-refractivity contribution >= 4 is 27.0 Å². The summed E-state index contributed by atoms with van der Waals surface area (Å²) >= 11 is 3.28. The van der Waals surface area contributed by atoms with E-state index in [1.165, 1.54) is 0 Å². The maximum Gasteiger partial charge on any atom is 0.417 e. The second kappa shape index (κ2) is 3.80. The number of fused-ring (bicyclic) bond motifs is 1. The minimum Gasteiger partial charge on any atom is -0.408 e. The van der Waals surface area contributed by atoms with Gasteiger partial charge in [-0.05, 0) is 33.6 Å². The maximum absolute atomic E-state index is 11.0. The second-order valence-corrected chi connectivity index (χ2v) is 4.00. The Morgan fingerprint density at radius 3 is 3.00 bits per heavy atom. The molecule has 6 heteroatoms. The lowest BCUT2D eigenvalue weighted by Gasteiger charge is -2.07. The van der Waals surface area contributed by atoms with Crippen molar-refractivity contribution in [3.8, 4) is 0 Å². The molecular weight excluding hydrogens is 264 g/mol. The Kier molecular flexibility index (Phi) is 2.64. The Morgan fingerprint density at radius 2 is 2.33 bits per heavy atom. The van der Waals surface area contributed by atoms with E-state index in [2.05, 4.69) is 20.9 Å². The van der Waals surface area contributed by atoms with Crippen LogP contribution in [0.2, 0.25) is 0 Å². The molecule has 0 spiro atoms. The lowest BCUT2D eigenvalue weighted by Crippen LogP contribution is -2.11. The van der Waals surface area contributed by atoms with Crippen LogP contribution in [0, 0.1) is 0 Å². The number of oxazole rings is 1. The average molecular weight is 273 g/mol. The van der Waals surface area contributed by atoms with Crippen molar-refractivity contribution in [2.24, 2.45) is 5.73 Å². The number of halogens is 1. The van der Waals surface area contributed by atoms with Gasteiger partial charge in [0.15, 0.2) is 5.58 Å². The summed E-state index contributed by atoms with van der Waals surface area (Å²) in [5.74, 6) is -0.523. The standard InChI is InChI=1S/C9H9BrN2O3/c10-5-1-4(6(13)3-11)2-7-8(5)12-9(14)15-7/h1-2,6,13H,3,11H2,(H,12,14). The molecule has 4 N–H and O–H groups in total. The van der Waals surface area contributed by atoms with Gasteiger partial charge in [0.05, 0.1) is 6.10 Å². The Labute approximate surface area is 93.0 Å². The number of rotatable bonds is 2. The third-order valence-corrected chi connectivity index (χ3v) is 2.74. The van der Waals surface area contributed by atoms with Crippen molar-refractivity contribution in [3.05, 3.63) is 32.7 Å². The molecule has 0 aliphatic rings. The van der Waals surface area contributed by atoms with Crippen molar-refractivity contribution < 1.29 is 9.52 Å². The van der Waals surface area contributed by atoms with Crippen LogP contribution in [0.25, 0.3) is 11.1 Å². The Bertz CT molecular complexity index is 546. The first-order valence-electron chi connectivity index (χ1n) is 4.32. The summed E-state index contributed by atoms with van der Waals surface area (Å²) in [4.78, 5) is 13.5. The predicted molar refractivity (Wildman–Crippen MR) is 58.5 cm³/mol. The van der Waals surface area contributed by atoms with Crippen LogP contribution in [-0.4, -0.2) is 16.6 Å². The molecule has 0 saturated carbocycles. The molecule has 0 radical (unpaired) electrons. The maximum atomic E-state index is 11.0. The highest BCUT2D eigenvalue weighted by atomic mass is 79.9. The molecule has 0 aliphatic heterocycles. The highest BCUT2D eigenvalue weighted by Gasteiger charge is 2.11. The molecular formula is C9H9BrN2O3. The van der Waals surface area contributed by atoms with Gasteiger partial charge in [-0.15, -0.1) is 0 Å². The van der Waals surface area contributed by atoms with E-state index in [1.807, 2.05) is 0 Å². The number of nitrogens with one attached hydrogen (secondary N) is 1. The van der Waals surface area contributed by atoms with E-state index in [0.29, 0.717) is 21.1 Å². The number of nitrogens with two attached hydrogens (primary N) is 1. The second-order valence-electron chi connectivity index (χ2n) is 3.14. The molecule has 1 heterocycles. The molecule has 0 aliphatic carbocycles. The summed E-state index contributed by atoms with van der Waals surface area (Å²) in [5, 5.41) is 9.54. The largest absolute Gasteiger partial charge is 0.417 e. The van der Waals surface area contributed by atoms with Gasteiger partial charge in [-0.25, -0.2) is 4.79 Å². The van der Waals surface area contributed by atoms with Crippen molar-refractivity contribution in [1.82, 2.24) is 4.98 Å². The predicted octanol–water partition coefficient (Wildman–Crippen LogP) is 0.876. The van der Waals surface area contributed by atoms with Crippen LogP contribution in [-0.2, 0) is 0 Å². The zero-order valence-electron chi connectivity index (χ0n) is 7.66. The fraction of sp³-hybridized carbons (Fsp3) is 0.222. The highest BCUT2D eigenvalue weighted by Crippen LogP contribution is 2.26. The molecule has 1 aromatic carbocycles. The molecule has 2 aromatic rings. The molecule has 1 unspecified atom stereocenters. The average Bonchev–Trinajstić information content (AvgIpc) is 2.58. The van der Waals surface area contributed by atoms with Gasteiger partial charge in [-0.1, -0.05) is 0 Å². The third kappa shape index (κ3) is 1.83. The molecule has 2 rings (SSSR count). The summed E-state index contributed by atoms with van der Waals surface area (Å²) in [5.41, 5.74) is 6.93. The smallest absolute Gasteiger partial charge is 0.408 e. The van der Waals surface area contributed by atoms with Gasteiger partial charge in [0.2, 0.25) is 0 Å². The molecule has 1 aromatic heterocycles. The summed E-state index contributed by atoms with van der Waals surface area (Å²) in [6, 6.07) is 3.29. The van der Waals surface area contributed by atoms with Gasteiger partial charge >= 0.3 is 5.76 Å². The SMILES string of the molecule is NCC(O)c1cc(Br)c2[nH]c(=O)oc2c1. The fourth-order valence-electron chi connectivity index (χ4n) is 1.36. The van der Waals surface area contributed by atoms with Crippen LogP contribution in [0.3, 0.4) is 0 Å². The summed E-state index contributed by atoms with van der Waals surface area (Å²) in [7, 11) is 0. The van der Waals surface area contributed by atoms with E-state index in [0.717, 1.165) is 0 Å². The van der Waals surface area contributed by atoms with Gasteiger partial charge in [-0.2, -0.15) is 0 Å². The fourth-order valence-corrected chi connectivity index (χ4v) is 1.92. The van der Waals surface area contributed by atoms with Crippen LogP contribution in [0.15, 0.2) is 25.8 Å². The van der Waals surface area contributed by atoms with Crippen molar-refractivity contribution in [1.29, 1.82) is 0 Å². The minimum absolute atomic E-state index is 0.118. The zero-order valence-corrected chi connectivity index (χ0v) is 9.24. The lowest BCUT2D eigenvalue weighted by atomic mass is 10.1. The molecule has 0 bridgehead atoms. The number of aliphatic hydroxyl groups is 1. The van der Waals surface area contributed by atoms with Gasteiger partial charge in [-0.3, -0.25) is 4.98 Å². The highest BCUT2D eigenvalue weighted by molar-refractivity contribution is 9.10. The first kappa shape index (κ1) is 10.4. The van der Waals surface area contributed by atoms with Crippen molar-refractivity contribution in [2.75, 3.05) is 6.54 Å². The summed E-state index contributed by atoms with van der Waals surface area (Å²) in [6.07, 6.45) is -0.758. The molecule has 0 fully saturated rings. The monoisotopic (exact) mass is 272 g/mol. The van der Waals surface area contributed by atoms with Crippen molar-refractivity contribution in [2.45, 2.75) is 6.10 Å². The summed E-state index contributed by atoms with van der Waals surface area (Å²) < 4.78 is 5.55. The van der Waals surface area contributed by atoms with E-state index >= 15 is 0 Å². The van der Waals surface area contributed by atoms with Gasteiger partial charge in [0.1, 0.15) is 5.52 Å². The van der Waals surface area contributed by atoms with E-state index in [4.69, 9.17) is 10.2 Å². The number of aliphatic hydroxyl groups excluding tert-OH is 1. The van der Waals surface area contributed by atoms with Crippen LogP contribution in [0.1, 0.15) is 11.7 Å². The van der Waals surface area contributed by atoms with Crippen LogP contribution >= 0.6 is 15.9 Å². The first-order chi connectivity index (χ1) is 7.11. The molecule has 80 valence electrons. The molecule has 5 nitrogen and oxygen atoms in total. The quantitative estimate of drug-likeness (QED) is 0.757. The zero-order chi connectivity index (χ0) is 11.0. The topological polar surface area (TPSA) is 92.2 Å². The molecule has 0 amide bonds. The Morgan fingerprint density at radius 1 is 1.60 bits per heavy atom. The number of benzene rings is 1. The van der Waals surface area contributed by atoms with E-state index in [9.17, 15) is 9.90 Å². The van der Waals surface area contributed by atoms with E-state index in [1.54, 1.807) is 12.1 Å². The van der Waals surface area contributed by atoms with Crippen molar-refractivity contribution in [3.63, 3.8) is 0 Å². The van der Waals surface area contributed by atoms with Gasteiger partial charge in [0.25, 0.3) is 0 Å². The molecule has 15 heavy (non-hydrogen) atoms. The number of hydrogen-bond donors (Lipinski definition) is 3. The normalized spacial score (nSPS) is 13.3. The lowest BCUT2D eigenvalue weighted by molar-refractivity contribution is 0.186. The number of hydrogen-bond acceptors (Lipinski definition) is 4. The van der Waals surface area contributed by atoms with E-state index < -0.39 is 11.9 Å². The van der Waals surface area contributed by atoms with Crippen LogP contribution < -0.4 is 11.5 Å².